The van der Waals surface area contributed by atoms with E-state index in [-0.39, 0.29) is 17.5 Å². The van der Waals surface area contributed by atoms with Gasteiger partial charge in [0.15, 0.2) is 11.9 Å². The molecule has 0 aliphatic heterocycles. The smallest absolute Gasteiger partial charge is 0.218 e. The predicted molar refractivity (Wildman–Crippen MR) is 38.9 cm³/mol. The first kappa shape index (κ1) is 8.07. The summed E-state index contributed by atoms with van der Waals surface area (Å²) in [5.41, 5.74) is 0.146. The summed E-state index contributed by atoms with van der Waals surface area (Å²) in [4.78, 5) is 10.8. The minimum Gasteiger partial charge on any atom is -0.507 e. The Balaban J connectivity index is 2.67. The number of nitrogens with one attached hydrogen (secondary N) is 1. The van der Waals surface area contributed by atoms with Crippen LogP contribution in [0.4, 0.5) is 0 Å². The summed E-state index contributed by atoms with van der Waals surface area (Å²) in [6, 6.07) is 0.0867. The summed E-state index contributed by atoms with van der Waals surface area (Å²) in [6.07, 6.45) is -1.30. The highest BCUT2D eigenvalue weighted by Gasteiger charge is 2.38. The fourth-order valence-electron chi connectivity index (χ4n) is 0.880. The van der Waals surface area contributed by atoms with Crippen LogP contribution in [0.15, 0.2) is 11.5 Å². The van der Waals surface area contributed by atoms with Crippen molar-refractivity contribution in [3.63, 3.8) is 0 Å². The van der Waals surface area contributed by atoms with Crippen molar-refractivity contribution in [1.82, 2.24) is 5.32 Å². The van der Waals surface area contributed by atoms with Gasteiger partial charge in [-0.1, -0.05) is 0 Å². The lowest BCUT2D eigenvalue weighted by molar-refractivity contribution is -0.127. The number of carbonyl (C=O) groups is 1. The van der Waals surface area contributed by atoms with Crippen LogP contribution in [0.2, 0.25) is 0 Å². The van der Waals surface area contributed by atoms with Crippen LogP contribution in [-0.2, 0) is 4.79 Å². The fraction of sp³-hybridized carbons (Fsp3) is 0.571. The molecular formula is C7H11NO3. The minimum absolute atomic E-state index is 0.0867. The maximum atomic E-state index is 10.8. The normalized spacial score (nSPS) is 24.0. The maximum Gasteiger partial charge on any atom is 0.218 e. The van der Waals surface area contributed by atoms with Crippen LogP contribution in [-0.4, -0.2) is 28.1 Å². The van der Waals surface area contributed by atoms with Crippen LogP contribution in [0.3, 0.4) is 0 Å². The summed E-state index contributed by atoms with van der Waals surface area (Å²) in [5, 5.41) is 20.4. The molecule has 1 aliphatic rings. The third-order valence-corrected chi connectivity index (χ3v) is 1.44. The number of rotatable bonds is 2. The topological polar surface area (TPSA) is 69.6 Å². The quantitative estimate of drug-likeness (QED) is 0.514. The summed E-state index contributed by atoms with van der Waals surface area (Å²) in [5.74, 6) is -0.681. The molecule has 1 unspecified atom stereocenters. The molecule has 0 radical (unpaired) electrons. The second-order valence-electron chi connectivity index (χ2n) is 2.83. The largest absolute Gasteiger partial charge is 0.507 e. The molecule has 0 heterocycles. The summed E-state index contributed by atoms with van der Waals surface area (Å²) >= 11 is 0. The third-order valence-electron chi connectivity index (χ3n) is 1.44. The Morgan fingerprint density at radius 2 is 2.09 bits per heavy atom. The number of carbonyl (C=O) groups excluding carboxylic acids is 1. The molecule has 4 nitrogen and oxygen atoms in total. The number of aliphatic hydroxyl groups is 2. The Morgan fingerprint density at radius 3 is 2.45 bits per heavy atom. The highest BCUT2D eigenvalue weighted by Crippen LogP contribution is 2.19. The molecule has 3 N–H and O–H groups in total. The van der Waals surface area contributed by atoms with E-state index in [1.165, 1.54) is 0 Å². The first-order valence-corrected chi connectivity index (χ1v) is 3.46. The molecule has 4 heteroatoms. The van der Waals surface area contributed by atoms with Crippen LogP contribution in [0, 0.1) is 0 Å². The Kier molecular flexibility index (Phi) is 1.87. The monoisotopic (exact) mass is 157 g/mol. The second kappa shape index (κ2) is 2.54. The maximum absolute atomic E-state index is 10.8. The van der Waals surface area contributed by atoms with E-state index in [0.717, 1.165) is 0 Å². The lowest BCUT2D eigenvalue weighted by atomic mass is 9.97. The molecular weight excluding hydrogens is 146 g/mol. The summed E-state index contributed by atoms with van der Waals surface area (Å²) in [7, 11) is 0. The number of aliphatic hydroxyl groups excluding tert-OH is 2. The molecule has 11 heavy (non-hydrogen) atoms. The van der Waals surface area contributed by atoms with Crippen molar-refractivity contribution < 1.29 is 15.0 Å². The van der Waals surface area contributed by atoms with E-state index in [9.17, 15) is 4.79 Å². The standard InChI is InChI=1S/C7H11NO3/c1-3(2)8-4-5(9)7(11)6(4)10/h3,7-9,11H,1-2H3. The van der Waals surface area contributed by atoms with Gasteiger partial charge < -0.3 is 15.5 Å². The highest BCUT2D eigenvalue weighted by molar-refractivity contribution is 6.07. The Bertz CT molecular complexity index is 220. The minimum atomic E-state index is -1.30. The van der Waals surface area contributed by atoms with Gasteiger partial charge in [0.2, 0.25) is 5.78 Å². The van der Waals surface area contributed by atoms with Gasteiger partial charge in [-0.15, -0.1) is 0 Å². The zero-order chi connectivity index (χ0) is 8.59. The van der Waals surface area contributed by atoms with Crippen molar-refractivity contribution >= 4 is 5.78 Å². The molecule has 0 saturated heterocycles. The molecule has 0 fully saturated rings. The van der Waals surface area contributed by atoms with Crippen molar-refractivity contribution in [3.8, 4) is 0 Å². The molecule has 1 atom stereocenters. The third kappa shape index (κ3) is 1.21. The molecule has 62 valence electrons. The number of hydrogen-bond acceptors (Lipinski definition) is 4. The SMILES string of the molecule is CC(C)NC1=C(O)C(O)C1=O. The predicted octanol–water partition coefficient (Wildman–Crippen LogP) is -0.302. The molecule has 1 aliphatic carbocycles. The first-order valence-electron chi connectivity index (χ1n) is 3.46. The summed E-state index contributed by atoms with van der Waals surface area (Å²) in [6.45, 7) is 3.69. The van der Waals surface area contributed by atoms with Gasteiger partial charge in [0.25, 0.3) is 0 Å². The van der Waals surface area contributed by atoms with Gasteiger partial charge in [-0.25, -0.2) is 0 Å². The Labute approximate surface area is 64.5 Å². The van der Waals surface area contributed by atoms with E-state index < -0.39 is 11.9 Å². The first-order chi connectivity index (χ1) is 5.04. The van der Waals surface area contributed by atoms with Gasteiger partial charge >= 0.3 is 0 Å². The highest BCUT2D eigenvalue weighted by atomic mass is 16.3. The molecule has 0 saturated carbocycles. The van der Waals surface area contributed by atoms with Crippen molar-refractivity contribution in [3.05, 3.63) is 11.5 Å². The number of hydrogen-bond donors (Lipinski definition) is 3. The second-order valence-corrected chi connectivity index (χ2v) is 2.83. The van der Waals surface area contributed by atoms with Crippen molar-refractivity contribution in [1.29, 1.82) is 0 Å². The molecule has 0 amide bonds. The fourth-order valence-corrected chi connectivity index (χ4v) is 0.880. The van der Waals surface area contributed by atoms with E-state index in [1.807, 2.05) is 13.8 Å². The van der Waals surface area contributed by atoms with E-state index in [0.29, 0.717) is 0 Å². The van der Waals surface area contributed by atoms with Crippen LogP contribution in [0.25, 0.3) is 0 Å². The van der Waals surface area contributed by atoms with E-state index >= 15 is 0 Å². The van der Waals surface area contributed by atoms with Gasteiger partial charge in [-0.3, -0.25) is 4.79 Å². The van der Waals surface area contributed by atoms with E-state index in [4.69, 9.17) is 10.2 Å². The molecule has 0 aromatic rings. The molecule has 0 spiro atoms. The van der Waals surface area contributed by atoms with E-state index in [1.54, 1.807) is 0 Å². The molecule has 0 aromatic carbocycles. The zero-order valence-electron chi connectivity index (χ0n) is 6.46. The summed E-state index contributed by atoms with van der Waals surface area (Å²) < 4.78 is 0. The van der Waals surface area contributed by atoms with Crippen LogP contribution < -0.4 is 5.32 Å². The van der Waals surface area contributed by atoms with Crippen LogP contribution in [0.5, 0.6) is 0 Å². The Morgan fingerprint density at radius 1 is 1.55 bits per heavy atom. The van der Waals surface area contributed by atoms with Gasteiger partial charge in [0.1, 0.15) is 5.70 Å². The number of ketones is 1. The number of Topliss-reactive ketones (excluding diaryl/α,β-unsaturated/α-hetero) is 1. The average Bonchev–Trinajstić information content (AvgIpc) is 1.98. The van der Waals surface area contributed by atoms with Crippen LogP contribution >= 0.6 is 0 Å². The van der Waals surface area contributed by atoms with Crippen molar-refractivity contribution in [2.45, 2.75) is 26.0 Å². The molecule has 0 aromatic heterocycles. The van der Waals surface area contributed by atoms with Gasteiger partial charge in [0, 0.05) is 6.04 Å². The zero-order valence-corrected chi connectivity index (χ0v) is 6.46. The lowest BCUT2D eigenvalue weighted by Gasteiger charge is -2.25. The lowest BCUT2D eigenvalue weighted by Crippen LogP contribution is -2.44. The average molecular weight is 157 g/mol. The molecule has 0 bridgehead atoms. The molecule has 1 rings (SSSR count). The van der Waals surface area contributed by atoms with Gasteiger partial charge in [-0.2, -0.15) is 0 Å². The van der Waals surface area contributed by atoms with Crippen molar-refractivity contribution in [2.24, 2.45) is 0 Å². The van der Waals surface area contributed by atoms with E-state index in [2.05, 4.69) is 5.32 Å². The van der Waals surface area contributed by atoms with Gasteiger partial charge in [0.05, 0.1) is 0 Å². The van der Waals surface area contributed by atoms with Crippen LogP contribution in [0.1, 0.15) is 13.8 Å². The Hall–Kier alpha value is -1.03. The van der Waals surface area contributed by atoms with Crippen molar-refractivity contribution in [2.75, 3.05) is 0 Å². The van der Waals surface area contributed by atoms with Gasteiger partial charge in [-0.05, 0) is 13.8 Å².